The molecule has 2 N–H and O–H groups in total. The Kier molecular flexibility index (Phi) is 3.51. The smallest absolute Gasteiger partial charge is 0.139 e. The topological polar surface area (TPSA) is 32.3 Å². The summed E-state index contributed by atoms with van der Waals surface area (Å²) >= 11 is 12.2. The minimum absolute atomic E-state index is 0.0461. The third-order valence-corrected chi connectivity index (χ3v) is 5.22. The molecule has 3 atom stereocenters. The number of benzene rings is 2. The highest BCUT2D eigenvalue weighted by Crippen LogP contribution is 2.52. The van der Waals surface area contributed by atoms with Gasteiger partial charge < -0.3 is 10.4 Å². The normalized spacial score (nSPS) is 24.9. The second-order valence-electron chi connectivity index (χ2n) is 6.03. The van der Waals surface area contributed by atoms with E-state index in [0.717, 1.165) is 17.7 Å². The molecule has 1 heterocycles. The Balaban J connectivity index is 1.84. The molecule has 118 valence electrons. The number of halogens is 3. The fourth-order valence-corrected chi connectivity index (χ4v) is 4.21. The lowest BCUT2D eigenvalue weighted by Crippen LogP contribution is -2.29. The molecule has 4 rings (SSSR count). The first-order valence-corrected chi connectivity index (χ1v) is 8.21. The summed E-state index contributed by atoms with van der Waals surface area (Å²) in [6.07, 6.45) is 5.06. The zero-order valence-electron chi connectivity index (χ0n) is 12.1. The van der Waals surface area contributed by atoms with Crippen LogP contribution in [0.3, 0.4) is 0 Å². The summed E-state index contributed by atoms with van der Waals surface area (Å²) in [6, 6.07) is 7.89. The molecule has 0 saturated carbocycles. The van der Waals surface area contributed by atoms with E-state index >= 15 is 0 Å². The van der Waals surface area contributed by atoms with E-state index in [9.17, 15) is 9.50 Å². The zero-order chi connectivity index (χ0) is 16.1. The molecule has 3 unspecified atom stereocenters. The van der Waals surface area contributed by atoms with Gasteiger partial charge in [-0.05, 0) is 48.2 Å². The van der Waals surface area contributed by atoms with Crippen LogP contribution in [0.2, 0.25) is 10.0 Å². The predicted molar refractivity (Wildman–Crippen MR) is 90.9 cm³/mol. The maximum absolute atomic E-state index is 13.6. The monoisotopic (exact) mass is 349 g/mol. The molecule has 2 nitrogen and oxygen atoms in total. The van der Waals surface area contributed by atoms with Crippen molar-refractivity contribution in [1.29, 1.82) is 0 Å². The standard InChI is InChI=1S/C18H14Cl2FNO/c19-9-6-14(18(23)15(20)7-9)17-12-3-1-2-11(12)13-8-10(21)4-5-16(13)22-17/h1-2,4-8,11-12,17,22-23H,3H2. The average Bonchev–Trinajstić information content (AvgIpc) is 3.00. The third kappa shape index (κ3) is 2.39. The number of hydrogen-bond donors (Lipinski definition) is 2. The molecular formula is C18H14Cl2FNO. The second kappa shape index (κ2) is 5.43. The van der Waals surface area contributed by atoms with Crippen LogP contribution in [-0.4, -0.2) is 5.11 Å². The first-order valence-electron chi connectivity index (χ1n) is 7.45. The molecule has 1 aliphatic heterocycles. The molecular weight excluding hydrogens is 336 g/mol. The van der Waals surface area contributed by atoms with Crippen molar-refractivity contribution < 1.29 is 9.50 Å². The SMILES string of the molecule is Oc1c(Cl)cc(Cl)cc1C1Nc2ccc(F)cc2C2C=CCC21. The van der Waals surface area contributed by atoms with Crippen molar-refractivity contribution >= 4 is 28.9 Å². The van der Waals surface area contributed by atoms with Gasteiger partial charge in [0.2, 0.25) is 0 Å². The number of fused-ring (bicyclic) bond motifs is 3. The van der Waals surface area contributed by atoms with Gasteiger partial charge in [0.05, 0.1) is 11.1 Å². The molecule has 2 aliphatic rings. The van der Waals surface area contributed by atoms with Crippen LogP contribution in [0.5, 0.6) is 5.75 Å². The zero-order valence-corrected chi connectivity index (χ0v) is 13.6. The van der Waals surface area contributed by atoms with Crippen molar-refractivity contribution in [2.45, 2.75) is 18.4 Å². The molecule has 0 spiro atoms. The van der Waals surface area contributed by atoms with E-state index in [-0.39, 0.29) is 34.5 Å². The molecule has 2 aromatic rings. The molecule has 23 heavy (non-hydrogen) atoms. The van der Waals surface area contributed by atoms with Crippen molar-refractivity contribution in [3.05, 3.63) is 69.5 Å². The van der Waals surface area contributed by atoms with Crippen molar-refractivity contribution in [2.24, 2.45) is 5.92 Å². The minimum Gasteiger partial charge on any atom is -0.506 e. The van der Waals surface area contributed by atoms with Gasteiger partial charge in [-0.3, -0.25) is 0 Å². The summed E-state index contributed by atoms with van der Waals surface area (Å²) in [5.41, 5.74) is 2.50. The minimum atomic E-state index is -0.239. The maximum atomic E-state index is 13.6. The van der Waals surface area contributed by atoms with Gasteiger partial charge in [0, 0.05) is 22.2 Å². The fourth-order valence-electron chi connectivity index (χ4n) is 3.70. The molecule has 0 amide bonds. The number of phenolic OH excluding ortho intramolecular Hbond substituents is 1. The van der Waals surface area contributed by atoms with Gasteiger partial charge in [0.1, 0.15) is 11.6 Å². The number of aromatic hydroxyl groups is 1. The molecule has 0 saturated heterocycles. The van der Waals surface area contributed by atoms with E-state index in [4.69, 9.17) is 23.2 Å². The van der Waals surface area contributed by atoms with Crippen LogP contribution in [-0.2, 0) is 0 Å². The average molecular weight is 350 g/mol. The summed E-state index contributed by atoms with van der Waals surface area (Å²) in [4.78, 5) is 0. The molecule has 0 radical (unpaired) electrons. The van der Waals surface area contributed by atoms with Crippen LogP contribution in [0.4, 0.5) is 10.1 Å². The van der Waals surface area contributed by atoms with Crippen LogP contribution in [0.1, 0.15) is 29.5 Å². The Hall–Kier alpha value is -1.71. The third-order valence-electron chi connectivity index (χ3n) is 4.72. The lowest BCUT2D eigenvalue weighted by molar-refractivity contribution is 0.401. The summed E-state index contributed by atoms with van der Waals surface area (Å²) < 4.78 is 13.6. The van der Waals surface area contributed by atoms with Crippen molar-refractivity contribution in [3.8, 4) is 5.75 Å². The first kappa shape index (κ1) is 14.9. The molecule has 0 fully saturated rings. The van der Waals surface area contributed by atoms with Gasteiger partial charge in [0.25, 0.3) is 0 Å². The number of phenols is 1. The summed E-state index contributed by atoms with van der Waals surface area (Å²) in [7, 11) is 0. The highest BCUT2D eigenvalue weighted by atomic mass is 35.5. The molecule has 2 aromatic carbocycles. The molecule has 0 aromatic heterocycles. The number of hydrogen-bond acceptors (Lipinski definition) is 2. The maximum Gasteiger partial charge on any atom is 0.139 e. The predicted octanol–water partition coefficient (Wildman–Crippen LogP) is 5.66. The van der Waals surface area contributed by atoms with Gasteiger partial charge >= 0.3 is 0 Å². The largest absolute Gasteiger partial charge is 0.506 e. The Bertz CT molecular complexity index is 821. The van der Waals surface area contributed by atoms with Crippen LogP contribution < -0.4 is 5.32 Å². The molecule has 1 aliphatic carbocycles. The Labute approximate surface area is 143 Å². The van der Waals surface area contributed by atoms with E-state index in [1.54, 1.807) is 18.2 Å². The van der Waals surface area contributed by atoms with Gasteiger partial charge in [-0.25, -0.2) is 4.39 Å². The number of anilines is 1. The highest BCUT2D eigenvalue weighted by Gasteiger charge is 2.39. The van der Waals surface area contributed by atoms with Gasteiger partial charge in [-0.2, -0.15) is 0 Å². The van der Waals surface area contributed by atoms with Crippen LogP contribution in [0.15, 0.2) is 42.5 Å². The van der Waals surface area contributed by atoms with Crippen LogP contribution in [0.25, 0.3) is 0 Å². The van der Waals surface area contributed by atoms with E-state index in [2.05, 4.69) is 17.5 Å². The summed E-state index contributed by atoms with van der Waals surface area (Å²) in [5, 5.41) is 14.5. The lowest BCUT2D eigenvalue weighted by Gasteiger charge is -2.37. The van der Waals surface area contributed by atoms with Crippen molar-refractivity contribution in [2.75, 3.05) is 5.32 Å². The number of rotatable bonds is 1. The van der Waals surface area contributed by atoms with Crippen LogP contribution >= 0.6 is 23.2 Å². The molecule has 0 bridgehead atoms. The van der Waals surface area contributed by atoms with E-state index in [1.165, 1.54) is 12.1 Å². The van der Waals surface area contributed by atoms with Crippen LogP contribution in [0, 0.1) is 11.7 Å². The van der Waals surface area contributed by atoms with E-state index in [0.29, 0.717) is 10.6 Å². The van der Waals surface area contributed by atoms with E-state index in [1.807, 2.05) is 0 Å². The van der Waals surface area contributed by atoms with Gasteiger partial charge in [-0.1, -0.05) is 35.4 Å². The van der Waals surface area contributed by atoms with Gasteiger partial charge in [0.15, 0.2) is 0 Å². The molecule has 5 heteroatoms. The van der Waals surface area contributed by atoms with E-state index < -0.39 is 0 Å². The Morgan fingerprint density at radius 1 is 1.13 bits per heavy atom. The summed E-state index contributed by atoms with van der Waals surface area (Å²) in [6.45, 7) is 0. The number of nitrogens with one attached hydrogen (secondary N) is 1. The quantitative estimate of drug-likeness (QED) is 0.650. The highest BCUT2D eigenvalue weighted by molar-refractivity contribution is 6.35. The Morgan fingerprint density at radius 3 is 2.78 bits per heavy atom. The number of allylic oxidation sites excluding steroid dienone is 2. The lowest BCUT2D eigenvalue weighted by atomic mass is 9.77. The van der Waals surface area contributed by atoms with Crippen molar-refractivity contribution in [1.82, 2.24) is 0 Å². The van der Waals surface area contributed by atoms with Crippen molar-refractivity contribution in [3.63, 3.8) is 0 Å². The Morgan fingerprint density at radius 2 is 1.96 bits per heavy atom. The summed E-state index contributed by atoms with van der Waals surface area (Å²) in [5.74, 6) is 0.107. The van der Waals surface area contributed by atoms with Gasteiger partial charge in [-0.15, -0.1) is 0 Å². The fraction of sp³-hybridized carbons (Fsp3) is 0.222. The first-order chi connectivity index (χ1) is 11.0. The second-order valence-corrected chi connectivity index (χ2v) is 6.88.